The Morgan fingerprint density at radius 1 is 1.39 bits per heavy atom. The number of rotatable bonds is 5. The number of nitrogen functional groups attached to an aromatic ring is 1. The van der Waals surface area contributed by atoms with Gasteiger partial charge in [-0.2, -0.15) is 0 Å². The fraction of sp³-hybridized carbons (Fsp3) is 0.222. The van der Waals surface area contributed by atoms with Crippen molar-refractivity contribution in [2.24, 2.45) is 10.9 Å². The quantitative estimate of drug-likeness (QED) is 0.521. The summed E-state index contributed by atoms with van der Waals surface area (Å²) in [4.78, 5) is 11.0. The van der Waals surface area contributed by atoms with Gasteiger partial charge in [0.1, 0.15) is 5.82 Å². The Balaban J connectivity index is 2.89. The van der Waals surface area contributed by atoms with Crippen molar-refractivity contribution in [2.75, 3.05) is 23.3 Å². The van der Waals surface area contributed by atoms with Gasteiger partial charge in [0.05, 0.1) is 17.0 Å². The molecule has 7 nitrogen and oxygen atoms in total. The first-order valence-corrected chi connectivity index (χ1v) is 6.55. The van der Waals surface area contributed by atoms with Gasteiger partial charge in [0.25, 0.3) is 5.91 Å². The van der Waals surface area contributed by atoms with Crippen molar-refractivity contribution in [3.8, 4) is 0 Å². The zero-order valence-electron chi connectivity index (χ0n) is 9.31. The Hall–Kier alpha value is -1.87. The number of primary amides is 1. The number of anilines is 2. The van der Waals surface area contributed by atoms with Gasteiger partial charge in [-0.1, -0.05) is 0 Å². The summed E-state index contributed by atoms with van der Waals surface area (Å²) in [5, 5.41) is 7.28. The van der Waals surface area contributed by atoms with Gasteiger partial charge in [0.2, 0.25) is 10.0 Å². The number of benzene rings is 1. The highest BCUT2D eigenvalue weighted by Gasteiger charge is 2.12. The van der Waals surface area contributed by atoms with Gasteiger partial charge < -0.3 is 16.8 Å². The Labute approximate surface area is 103 Å². The minimum Gasteiger partial charge on any atom is -0.398 e. The summed E-state index contributed by atoms with van der Waals surface area (Å²) in [6, 6.07) is 2.05. The standard InChI is InChI=1S/C9H13FN4O3S/c10-6-4-7(11)5(9(12)15)3-8(6)14-1-2-18(13,16)17/h3-4,14H,1-2,11H2,(H2,12,15)(H2,13,16,17). The molecule has 0 aliphatic carbocycles. The van der Waals surface area contributed by atoms with Crippen LogP contribution in [0.5, 0.6) is 0 Å². The van der Waals surface area contributed by atoms with E-state index in [0.29, 0.717) is 0 Å². The van der Waals surface area contributed by atoms with Crippen LogP contribution in [0.2, 0.25) is 0 Å². The number of carbonyl (C=O) groups excluding carboxylic acids is 1. The average molecular weight is 276 g/mol. The molecule has 18 heavy (non-hydrogen) atoms. The Kier molecular flexibility index (Phi) is 4.09. The molecule has 7 N–H and O–H groups in total. The maximum Gasteiger partial charge on any atom is 0.250 e. The second-order valence-electron chi connectivity index (χ2n) is 3.58. The highest BCUT2D eigenvalue weighted by Crippen LogP contribution is 2.21. The lowest BCUT2D eigenvalue weighted by atomic mass is 10.1. The maximum atomic E-state index is 13.4. The first kappa shape index (κ1) is 14.2. The highest BCUT2D eigenvalue weighted by molar-refractivity contribution is 7.89. The zero-order chi connectivity index (χ0) is 13.9. The summed E-state index contributed by atoms with van der Waals surface area (Å²) in [6.45, 7) is -0.0993. The van der Waals surface area contributed by atoms with E-state index in [1.807, 2.05) is 0 Å². The monoisotopic (exact) mass is 276 g/mol. The van der Waals surface area contributed by atoms with Gasteiger partial charge >= 0.3 is 0 Å². The Morgan fingerprint density at radius 2 is 2.00 bits per heavy atom. The van der Waals surface area contributed by atoms with E-state index in [4.69, 9.17) is 16.6 Å². The normalized spacial score (nSPS) is 11.2. The Morgan fingerprint density at radius 3 is 2.50 bits per heavy atom. The van der Waals surface area contributed by atoms with Crippen molar-refractivity contribution in [3.05, 3.63) is 23.5 Å². The van der Waals surface area contributed by atoms with Crippen LogP contribution >= 0.6 is 0 Å². The second-order valence-corrected chi connectivity index (χ2v) is 5.31. The first-order valence-electron chi connectivity index (χ1n) is 4.84. The topological polar surface area (TPSA) is 141 Å². The van der Waals surface area contributed by atoms with Gasteiger partial charge in [-0.15, -0.1) is 0 Å². The second kappa shape index (κ2) is 5.19. The van der Waals surface area contributed by atoms with Gasteiger partial charge in [-0.05, 0) is 12.1 Å². The lowest BCUT2D eigenvalue weighted by Crippen LogP contribution is -2.23. The predicted octanol–water partition coefficient (Wildman–Crippen LogP) is -0.793. The largest absolute Gasteiger partial charge is 0.398 e. The molecule has 1 aromatic rings. The van der Waals surface area contributed by atoms with E-state index in [1.54, 1.807) is 0 Å². The molecular formula is C9H13FN4O3S. The van der Waals surface area contributed by atoms with E-state index in [-0.39, 0.29) is 29.2 Å². The van der Waals surface area contributed by atoms with Gasteiger partial charge in [0, 0.05) is 12.2 Å². The molecule has 0 aromatic heterocycles. The molecule has 9 heteroatoms. The van der Waals surface area contributed by atoms with E-state index in [1.165, 1.54) is 0 Å². The molecule has 0 saturated carbocycles. The molecule has 0 aliphatic rings. The molecule has 1 aromatic carbocycles. The third-order valence-electron chi connectivity index (χ3n) is 2.11. The summed E-state index contributed by atoms with van der Waals surface area (Å²) in [7, 11) is -3.64. The predicted molar refractivity (Wildman–Crippen MR) is 65.8 cm³/mol. The number of carbonyl (C=O) groups is 1. The summed E-state index contributed by atoms with van der Waals surface area (Å²) in [6.07, 6.45) is 0. The van der Waals surface area contributed by atoms with Crippen molar-refractivity contribution in [3.63, 3.8) is 0 Å². The molecule has 0 bridgehead atoms. The summed E-state index contributed by atoms with van der Waals surface area (Å²) < 4.78 is 34.8. The van der Waals surface area contributed by atoms with Crippen molar-refractivity contribution < 1.29 is 17.6 Å². The summed E-state index contributed by atoms with van der Waals surface area (Å²) in [5.41, 5.74) is 10.3. The molecule has 1 rings (SSSR count). The molecule has 0 aliphatic heterocycles. The van der Waals surface area contributed by atoms with E-state index < -0.39 is 21.7 Å². The van der Waals surface area contributed by atoms with Crippen LogP contribution in [0.1, 0.15) is 10.4 Å². The maximum absolute atomic E-state index is 13.4. The average Bonchev–Trinajstić information content (AvgIpc) is 2.18. The van der Waals surface area contributed by atoms with Crippen LogP contribution in [0.25, 0.3) is 0 Å². The molecule has 0 radical (unpaired) electrons. The summed E-state index contributed by atoms with van der Waals surface area (Å²) in [5.74, 6) is -1.89. The number of hydrogen-bond donors (Lipinski definition) is 4. The smallest absolute Gasteiger partial charge is 0.250 e. The molecule has 0 fully saturated rings. The molecule has 0 heterocycles. The minimum atomic E-state index is -3.64. The fourth-order valence-corrected chi connectivity index (χ4v) is 1.65. The van der Waals surface area contributed by atoms with Crippen LogP contribution in [0.4, 0.5) is 15.8 Å². The number of amides is 1. The van der Waals surface area contributed by atoms with Gasteiger partial charge in [-0.3, -0.25) is 4.79 Å². The molecule has 0 saturated heterocycles. The molecule has 0 unspecified atom stereocenters. The van der Waals surface area contributed by atoms with Crippen LogP contribution in [0, 0.1) is 5.82 Å². The number of halogens is 1. The molecule has 100 valence electrons. The fourth-order valence-electron chi connectivity index (χ4n) is 1.27. The SMILES string of the molecule is NC(=O)c1cc(NCCS(N)(=O)=O)c(F)cc1N. The molecule has 0 atom stereocenters. The van der Waals surface area contributed by atoms with Gasteiger partial charge in [0.15, 0.2) is 0 Å². The number of nitrogens with two attached hydrogens (primary N) is 3. The van der Waals surface area contributed by atoms with Crippen molar-refractivity contribution in [1.82, 2.24) is 0 Å². The van der Waals surface area contributed by atoms with Crippen LogP contribution in [0.3, 0.4) is 0 Å². The van der Waals surface area contributed by atoms with E-state index >= 15 is 0 Å². The van der Waals surface area contributed by atoms with E-state index in [9.17, 15) is 17.6 Å². The zero-order valence-corrected chi connectivity index (χ0v) is 10.1. The lowest BCUT2D eigenvalue weighted by molar-refractivity contribution is 0.100. The van der Waals surface area contributed by atoms with Crippen LogP contribution in [-0.2, 0) is 10.0 Å². The number of nitrogens with one attached hydrogen (secondary N) is 1. The number of hydrogen-bond acceptors (Lipinski definition) is 5. The van der Waals surface area contributed by atoms with Crippen LogP contribution < -0.4 is 21.9 Å². The van der Waals surface area contributed by atoms with Crippen molar-refractivity contribution in [2.45, 2.75) is 0 Å². The number of primary sulfonamides is 1. The van der Waals surface area contributed by atoms with Crippen molar-refractivity contribution in [1.29, 1.82) is 0 Å². The molecule has 0 spiro atoms. The lowest BCUT2D eigenvalue weighted by Gasteiger charge is -2.10. The van der Waals surface area contributed by atoms with Gasteiger partial charge in [-0.25, -0.2) is 17.9 Å². The van der Waals surface area contributed by atoms with Crippen LogP contribution in [-0.4, -0.2) is 26.6 Å². The molecular weight excluding hydrogens is 263 g/mol. The first-order chi connectivity index (χ1) is 8.20. The van der Waals surface area contributed by atoms with E-state index in [0.717, 1.165) is 12.1 Å². The summed E-state index contributed by atoms with van der Waals surface area (Å²) >= 11 is 0. The molecule has 1 amide bonds. The third-order valence-corrected chi connectivity index (χ3v) is 2.88. The third kappa shape index (κ3) is 3.86. The van der Waals surface area contributed by atoms with E-state index in [2.05, 4.69) is 5.32 Å². The van der Waals surface area contributed by atoms with Crippen LogP contribution in [0.15, 0.2) is 12.1 Å². The van der Waals surface area contributed by atoms with Crippen molar-refractivity contribution >= 4 is 27.3 Å². The number of sulfonamides is 1. The minimum absolute atomic E-state index is 0.0468. The Bertz CT molecular complexity index is 573. The highest BCUT2D eigenvalue weighted by atomic mass is 32.2.